The largest absolute Gasteiger partial charge is 0.450 e. The van der Waals surface area contributed by atoms with Gasteiger partial charge in [-0.3, -0.25) is 14.4 Å². The van der Waals surface area contributed by atoms with Gasteiger partial charge in [0.1, 0.15) is 0 Å². The Morgan fingerprint density at radius 2 is 1.53 bits per heavy atom. The van der Waals surface area contributed by atoms with Crippen LogP contribution in [0.25, 0.3) is 0 Å². The number of benzene rings is 2. The number of imide groups is 1. The molecule has 0 spiro atoms. The lowest BCUT2D eigenvalue weighted by Gasteiger charge is -2.37. The van der Waals surface area contributed by atoms with Gasteiger partial charge in [-0.1, -0.05) is 55.5 Å². The van der Waals surface area contributed by atoms with Gasteiger partial charge in [-0.15, -0.1) is 0 Å². The first kappa shape index (κ1) is 21.0. The van der Waals surface area contributed by atoms with Crippen molar-refractivity contribution in [2.24, 2.45) is 35.5 Å². The molecule has 2 aromatic carbocycles. The zero-order valence-corrected chi connectivity index (χ0v) is 18.8. The highest BCUT2D eigenvalue weighted by molar-refractivity contribution is 6.23. The van der Waals surface area contributed by atoms with Crippen molar-refractivity contribution >= 4 is 29.3 Å². The van der Waals surface area contributed by atoms with E-state index in [0.29, 0.717) is 29.5 Å². The molecule has 1 heterocycles. The fourth-order valence-electron chi connectivity index (χ4n) is 6.29. The van der Waals surface area contributed by atoms with E-state index in [2.05, 4.69) is 12.2 Å². The van der Waals surface area contributed by atoms with Crippen molar-refractivity contribution in [3.8, 4) is 0 Å². The number of Topliss-reactive ketones (excluding diaryl/α,β-unsaturated/α-hetero) is 1. The molecule has 6 nitrogen and oxygen atoms in total. The average Bonchev–Trinajstić information content (AvgIpc) is 3.65. The lowest BCUT2D eigenvalue weighted by atomic mass is 9.63. The van der Waals surface area contributed by atoms with E-state index in [4.69, 9.17) is 4.74 Å². The molecule has 1 saturated heterocycles. The Kier molecular flexibility index (Phi) is 4.80. The van der Waals surface area contributed by atoms with Gasteiger partial charge in [-0.2, -0.15) is 0 Å². The molecule has 34 heavy (non-hydrogen) atoms. The third-order valence-electron chi connectivity index (χ3n) is 7.97. The minimum atomic E-state index is -0.912. The van der Waals surface area contributed by atoms with Crippen LogP contribution in [0.15, 0.2) is 66.7 Å². The van der Waals surface area contributed by atoms with E-state index in [1.165, 1.54) is 11.0 Å². The van der Waals surface area contributed by atoms with Gasteiger partial charge < -0.3 is 4.74 Å². The normalized spacial score (nSPS) is 31.1. The van der Waals surface area contributed by atoms with Crippen molar-refractivity contribution < 1.29 is 23.9 Å². The smallest absolute Gasteiger partial charge is 0.338 e. The van der Waals surface area contributed by atoms with Crippen molar-refractivity contribution in [2.45, 2.75) is 25.9 Å². The first-order chi connectivity index (χ1) is 16.5. The van der Waals surface area contributed by atoms with E-state index >= 15 is 0 Å². The molecule has 6 heteroatoms. The van der Waals surface area contributed by atoms with Crippen LogP contribution < -0.4 is 4.90 Å². The monoisotopic (exact) mass is 455 g/mol. The van der Waals surface area contributed by atoms with Crippen LogP contribution in [0.2, 0.25) is 0 Å². The molecule has 0 unspecified atom stereocenters. The summed E-state index contributed by atoms with van der Waals surface area (Å²) in [6.07, 6.45) is 4.81. The van der Waals surface area contributed by atoms with Gasteiger partial charge in [-0.05, 0) is 54.7 Å². The Hall–Kier alpha value is -3.54. The summed E-state index contributed by atoms with van der Waals surface area (Å²) in [6.45, 7) is 1.78. The minimum absolute atomic E-state index is 0.143. The maximum Gasteiger partial charge on any atom is 0.338 e. The summed E-state index contributed by atoms with van der Waals surface area (Å²) in [5.41, 5.74) is 1.07. The van der Waals surface area contributed by atoms with E-state index in [-0.39, 0.29) is 46.8 Å². The maximum atomic E-state index is 13.4. The number of allylic oxidation sites excluding steroid dienone is 2. The lowest BCUT2D eigenvalue weighted by Crippen LogP contribution is -2.40. The summed E-state index contributed by atoms with van der Waals surface area (Å²) >= 11 is 0. The summed E-state index contributed by atoms with van der Waals surface area (Å²) in [7, 11) is 0. The fourth-order valence-corrected chi connectivity index (χ4v) is 6.29. The SMILES string of the molecule is CC[C@H](OC(=O)c1cccc(N2C(=O)[C@@H]3[C@H]4C=C[C@@H]([C@@H]5C[C@H]45)[C@H]3C2=O)c1)C(=O)c1ccccc1. The Bertz CT molecular complexity index is 1200. The van der Waals surface area contributed by atoms with Crippen molar-refractivity contribution in [2.75, 3.05) is 4.90 Å². The standard InChI is InChI=1S/C28H25NO5/c1-2-22(25(30)15-7-4-3-5-8-15)34-28(33)16-9-6-10-17(13-16)29-26(31)23-18-11-12-19(21-14-20(18)21)24(23)27(29)32/h3-13,18-24H,2,14H2,1H3/t18-,19-,20-,21+,22-,23+,24+/m0/s1. The number of hydrogen-bond acceptors (Lipinski definition) is 5. The third-order valence-corrected chi connectivity index (χ3v) is 7.97. The van der Waals surface area contributed by atoms with Gasteiger partial charge in [0.15, 0.2) is 6.10 Å². The van der Waals surface area contributed by atoms with Crippen LogP contribution in [0.3, 0.4) is 0 Å². The summed E-state index contributed by atoms with van der Waals surface area (Å²) in [6, 6.07) is 15.1. The first-order valence-electron chi connectivity index (χ1n) is 12.0. The number of ether oxygens (including phenoxy) is 1. The number of hydrogen-bond donors (Lipinski definition) is 0. The van der Waals surface area contributed by atoms with Gasteiger partial charge in [0, 0.05) is 5.56 Å². The van der Waals surface area contributed by atoms with Gasteiger partial charge in [0.05, 0.1) is 23.1 Å². The predicted octanol–water partition coefficient (Wildman–Crippen LogP) is 4.06. The second-order valence-electron chi connectivity index (χ2n) is 9.75. The van der Waals surface area contributed by atoms with Crippen LogP contribution in [0.5, 0.6) is 0 Å². The first-order valence-corrected chi connectivity index (χ1v) is 12.0. The Morgan fingerprint density at radius 1 is 0.912 bits per heavy atom. The zero-order chi connectivity index (χ0) is 23.6. The minimum Gasteiger partial charge on any atom is -0.450 e. The topological polar surface area (TPSA) is 80.8 Å². The Morgan fingerprint density at radius 3 is 2.15 bits per heavy atom. The van der Waals surface area contributed by atoms with E-state index in [1.54, 1.807) is 49.4 Å². The summed E-state index contributed by atoms with van der Waals surface area (Å²) in [5, 5.41) is 0. The molecule has 2 bridgehead atoms. The number of esters is 1. The molecule has 2 amide bonds. The quantitative estimate of drug-likeness (QED) is 0.284. The Labute approximate surface area is 197 Å². The van der Waals surface area contributed by atoms with E-state index < -0.39 is 12.1 Å². The Balaban J connectivity index is 1.23. The predicted molar refractivity (Wildman–Crippen MR) is 124 cm³/mol. The van der Waals surface area contributed by atoms with E-state index in [1.807, 2.05) is 6.07 Å². The highest BCUT2D eigenvalue weighted by Crippen LogP contribution is 2.65. The molecule has 7 atom stereocenters. The van der Waals surface area contributed by atoms with Gasteiger partial charge in [0.25, 0.3) is 0 Å². The number of nitrogens with zero attached hydrogens (tertiary/aromatic N) is 1. The van der Waals surface area contributed by atoms with Crippen LogP contribution >= 0.6 is 0 Å². The van der Waals surface area contributed by atoms with E-state index in [9.17, 15) is 19.2 Å². The number of amides is 2. The van der Waals surface area contributed by atoms with Crippen LogP contribution in [0.4, 0.5) is 5.69 Å². The second kappa shape index (κ2) is 7.76. The van der Waals surface area contributed by atoms with Crippen LogP contribution in [-0.4, -0.2) is 29.7 Å². The highest BCUT2D eigenvalue weighted by Gasteiger charge is 2.67. The molecule has 172 valence electrons. The fraction of sp³-hybridized carbons (Fsp3) is 0.357. The van der Waals surface area contributed by atoms with Crippen LogP contribution in [0, 0.1) is 35.5 Å². The molecule has 2 saturated carbocycles. The summed E-state index contributed by atoms with van der Waals surface area (Å²) in [4.78, 5) is 53.7. The van der Waals surface area contributed by atoms with Gasteiger partial charge >= 0.3 is 5.97 Å². The highest BCUT2D eigenvalue weighted by atomic mass is 16.5. The summed E-state index contributed by atoms with van der Waals surface area (Å²) < 4.78 is 5.54. The summed E-state index contributed by atoms with van der Waals surface area (Å²) in [5.74, 6) is -0.505. The molecule has 3 fully saturated rings. The zero-order valence-electron chi connectivity index (χ0n) is 18.8. The van der Waals surface area contributed by atoms with Crippen LogP contribution in [-0.2, 0) is 14.3 Å². The van der Waals surface area contributed by atoms with Crippen LogP contribution in [0.1, 0.15) is 40.5 Å². The molecular weight excluding hydrogens is 430 g/mol. The number of carbonyl (C=O) groups is 4. The maximum absolute atomic E-state index is 13.4. The number of carbonyl (C=O) groups excluding carboxylic acids is 4. The number of anilines is 1. The molecule has 0 radical (unpaired) electrons. The molecular formula is C28H25NO5. The molecule has 5 aliphatic rings. The number of rotatable bonds is 6. The van der Waals surface area contributed by atoms with Crippen molar-refractivity contribution in [1.82, 2.24) is 0 Å². The third kappa shape index (κ3) is 3.08. The molecule has 1 aliphatic heterocycles. The molecule has 0 N–H and O–H groups in total. The van der Waals surface area contributed by atoms with Crippen molar-refractivity contribution in [3.63, 3.8) is 0 Å². The number of ketones is 1. The molecule has 4 aliphatic carbocycles. The molecule has 2 aromatic rings. The van der Waals surface area contributed by atoms with E-state index in [0.717, 1.165) is 6.42 Å². The average molecular weight is 456 g/mol. The van der Waals surface area contributed by atoms with Crippen molar-refractivity contribution in [3.05, 3.63) is 77.9 Å². The van der Waals surface area contributed by atoms with Gasteiger partial charge in [-0.25, -0.2) is 9.69 Å². The second-order valence-corrected chi connectivity index (χ2v) is 9.75. The molecule has 0 aromatic heterocycles. The molecule has 7 rings (SSSR count). The van der Waals surface area contributed by atoms with Crippen molar-refractivity contribution in [1.29, 1.82) is 0 Å². The lowest BCUT2D eigenvalue weighted by molar-refractivity contribution is -0.124. The van der Waals surface area contributed by atoms with Gasteiger partial charge in [0.2, 0.25) is 17.6 Å².